The molecule has 0 aromatic carbocycles. The van der Waals surface area contributed by atoms with Crippen molar-refractivity contribution in [3.05, 3.63) is 0 Å². The van der Waals surface area contributed by atoms with Gasteiger partial charge in [-0.2, -0.15) is 11.8 Å². The van der Waals surface area contributed by atoms with E-state index < -0.39 is 0 Å². The molecule has 1 saturated carbocycles. The van der Waals surface area contributed by atoms with Gasteiger partial charge in [0.1, 0.15) is 0 Å². The predicted molar refractivity (Wildman–Crippen MR) is 82.4 cm³/mol. The van der Waals surface area contributed by atoms with E-state index in [1.807, 2.05) is 11.8 Å². The Morgan fingerprint density at radius 1 is 1.28 bits per heavy atom. The molecule has 1 heterocycles. The first kappa shape index (κ1) is 14.7. The molecule has 2 nitrogen and oxygen atoms in total. The first-order valence-corrected chi connectivity index (χ1v) is 9.04. The summed E-state index contributed by atoms with van der Waals surface area (Å²) in [6.45, 7) is 8.50. The molecule has 18 heavy (non-hydrogen) atoms. The van der Waals surface area contributed by atoms with Crippen LogP contribution in [0.4, 0.5) is 0 Å². The Balaban J connectivity index is 1.99. The molecule has 0 amide bonds. The van der Waals surface area contributed by atoms with E-state index in [1.54, 1.807) is 0 Å². The van der Waals surface area contributed by atoms with Crippen molar-refractivity contribution in [1.82, 2.24) is 10.2 Å². The second-order valence-electron chi connectivity index (χ2n) is 6.50. The summed E-state index contributed by atoms with van der Waals surface area (Å²) in [6.07, 6.45) is 9.32. The molecule has 0 aromatic heterocycles. The van der Waals surface area contributed by atoms with Gasteiger partial charge < -0.3 is 5.32 Å². The Labute approximate surface area is 117 Å². The van der Waals surface area contributed by atoms with E-state index in [4.69, 9.17) is 0 Å². The van der Waals surface area contributed by atoms with Crippen LogP contribution in [0.25, 0.3) is 0 Å². The van der Waals surface area contributed by atoms with Gasteiger partial charge in [-0.1, -0.05) is 33.1 Å². The summed E-state index contributed by atoms with van der Waals surface area (Å²) in [5, 5.41) is 3.92. The highest BCUT2D eigenvalue weighted by Gasteiger charge is 2.40. The number of hydrogen-bond acceptors (Lipinski definition) is 3. The molecule has 2 rings (SSSR count). The highest BCUT2D eigenvalue weighted by molar-refractivity contribution is 7.98. The molecule has 0 bridgehead atoms. The minimum absolute atomic E-state index is 0.460. The Bertz CT molecular complexity index is 249. The molecule has 3 heteroatoms. The van der Waals surface area contributed by atoms with Crippen LogP contribution in [0.5, 0.6) is 0 Å². The van der Waals surface area contributed by atoms with E-state index in [1.165, 1.54) is 57.5 Å². The van der Waals surface area contributed by atoms with Crippen LogP contribution in [0.1, 0.15) is 46.0 Å². The van der Waals surface area contributed by atoms with Gasteiger partial charge in [0, 0.05) is 37.0 Å². The van der Waals surface area contributed by atoms with Gasteiger partial charge in [-0.3, -0.25) is 4.90 Å². The van der Waals surface area contributed by atoms with Gasteiger partial charge >= 0.3 is 0 Å². The summed E-state index contributed by atoms with van der Waals surface area (Å²) in [5.41, 5.74) is 0.460. The van der Waals surface area contributed by atoms with Gasteiger partial charge in [-0.05, 0) is 25.0 Å². The van der Waals surface area contributed by atoms with Crippen LogP contribution < -0.4 is 5.32 Å². The number of hydrogen-bond donors (Lipinski definition) is 1. The van der Waals surface area contributed by atoms with Crippen molar-refractivity contribution in [3.63, 3.8) is 0 Å². The minimum Gasteiger partial charge on any atom is -0.308 e. The van der Waals surface area contributed by atoms with Crippen LogP contribution in [-0.2, 0) is 0 Å². The molecule has 1 atom stereocenters. The van der Waals surface area contributed by atoms with Gasteiger partial charge in [0.05, 0.1) is 0 Å². The van der Waals surface area contributed by atoms with E-state index in [-0.39, 0.29) is 0 Å². The van der Waals surface area contributed by atoms with Crippen molar-refractivity contribution in [3.8, 4) is 0 Å². The standard InChI is InChI=1S/C15H30N2S/c1-13(2)14-11-16-15(7-5-4-6-8-15)12-17(14)9-10-18-3/h13-14,16H,4-12H2,1-3H3. The second-order valence-corrected chi connectivity index (χ2v) is 7.48. The Morgan fingerprint density at radius 2 is 2.00 bits per heavy atom. The van der Waals surface area contributed by atoms with E-state index in [0.717, 1.165) is 12.0 Å². The zero-order valence-corrected chi connectivity index (χ0v) is 13.2. The molecule has 2 fully saturated rings. The number of nitrogens with zero attached hydrogens (tertiary/aromatic N) is 1. The summed E-state index contributed by atoms with van der Waals surface area (Å²) in [6, 6.07) is 0.740. The first-order chi connectivity index (χ1) is 8.67. The second kappa shape index (κ2) is 6.62. The molecule has 1 spiro atoms. The molecular weight excluding hydrogens is 240 g/mol. The number of piperazine rings is 1. The molecule has 106 valence electrons. The van der Waals surface area contributed by atoms with Crippen molar-refractivity contribution in [2.75, 3.05) is 31.6 Å². The molecule has 2 aliphatic rings. The topological polar surface area (TPSA) is 15.3 Å². The average Bonchev–Trinajstić information content (AvgIpc) is 2.37. The van der Waals surface area contributed by atoms with E-state index >= 15 is 0 Å². The third-order valence-corrected chi connectivity index (χ3v) is 5.41. The molecule has 0 aromatic rings. The first-order valence-electron chi connectivity index (χ1n) is 7.65. The number of rotatable bonds is 4. The van der Waals surface area contributed by atoms with Crippen LogP contribution in [-0.4, -0.2) is 48.1 Å². The fourth-order valence-corrected chi connectivity index (χ4v) is 4.10. The normalized spacial score (nSPS) is 29.0. The lowest BCUT2D eigenvalue weighted by Gasteiger charge is -2.51. The van der Waals surface area contributed by atoms with Gasteiger partial charge in [0.25, 0.3) is 0 Å². The van der Waals surface area contributed by atoms with E-state index in [2.05, 4.69) is 30.3 Å². The quantitative estimate of drug-likeness (QED) is 0.845. The number of thioether (sulfide) groups is 1. The highest BCUT2D eigenvalue weighted by Crippen LogP contribution is 2.33. The average molecular weight is 270 g/mol. The Morgan fingerprint density at radius 3 is 2.61 bits per heavy atom. The third kappa shape index (κ3) is 3.43. The SMILES string of the molecule is CSCCN1CC2(CCCCC2)NCC1C(C)C. The lowest BCUT2D eigenvalue weighted by molar-refractivity contribution is 0.0413. The van der Waals surface area contributed by atoms with Crippen LogP contribution in [0, 0.1) is 5.92 Å². The summed E-state index contributed by atoms with van der Waals surface area (Å²) < 4.78 is 0. The lowest BCUT2D eigenvalue weighted by atomic mass is 9.78. The summed E-state index contributed by atoms with van der Waals surface area (Å²) in [7, 11) is 0. The summed E-state index contributed by atoms with van der Waals surface area (Å²) >= 11 is 1.98. The molecule has 1 unspecified atom stereocenters. The molecule has 0 radical (unpaired) electrons. The fraction of sp³-hybridized carbons (Fsp3) is 1.00. The van der Waals surface area contributed by atoms with Crippen molar-refractivity contribution >= 4 is 11.8 Å². The van der Waals surface area contributed by atoms with Crippen LogP contribution >= 0.6 is 11.8 Å². The maximum Gasteiger partial charge on any atom is 0.0309 e. The maximum absolute atomic E-state index is 3.92. The molecule has 1 saturated heterocycles. The van der Waals surface area contributed by atoms with Crippen molar-refractivity contribution in [2.45, 2.75) is 57.5 Å². The smallest absolute Gasteiger partial charge is 0.0309 e. The van der Waals surface area contributed by atoms with Gasteiger partial charge in [-0.25, -0.2) is 0 Å². The van der Waals surface area contributed by atoms with Crippen molar-refractivity contribution < 1.29 is 0 Å². The summed E-state index contributed by atoms with van der Waals surface area (Å²) in [5.74, 6) is 2.04. The Kier molecular flexibility index (Phi) is 5.40. The van der Waals surface area contributed by atoms with E-state index in [0.29, 0.717) is 5.54 Å². The van der Waals surface area contributed by atoms with Crippen LogP contribution in [0.3, 0.4) is 0 Å². The van der Waals surface area contributed by atoms with Crippen molar-refractivity contribution in [2.24, 2.45) is 5.92 Å². The largest absolute Gasteiger partial charge is 0.308 e. The Hall–Kier alpha value is 0.270. The van der Waals surface area contributed by atoms with Gasteiger partial charge in [0.2, 0.25) is 0 Å². The molecule has 1 aliphatic carbocycles. The van der Waals surface area contributed by atoms with Gasteiger partial charge in [0.15, 0.2) is 0 Å². The monoisotopic (exact) mass is 270 g/mol. The highest BCUT2D eigenvalue weighted by atomic mass is 32.2. The minimum atomic E-state index is 0.460. The molecule has 1 N–H and O–H groups in total. The van der Waals surface area contributed by atoms with Crippen LogP contribution in [0.2, 0.25) is 0 Å². The summed E-state index contributed by atoms with van der Waals surface area (Å²) in [4.78, 5) is 2.78. The fourth-order valence-electron chi connectivity index (χ4n) is 3.69. The number of nitrogens with one attached hydrogen (secondary N) is 1. The van der Waals surface area contributed by atoms with Crippen LogP contribution in [0.15, 0.2) is 0 Å². The zero-order chi connectivity index (χ0) is 13.0. The van der Waals surface area contributed by atoms with Gasteiger partial charge in [-0.15, -0.1) is 0 Å². The van der Waals surface area contributed by atoms with E-state index in [9.17, 15) is 0 Å². The zero-order valence-electron chi connectivity index (χ0n) is 12.4. The molecule has 1 aliphatic heterocycles. The predicted octanol–water partition coefficient (Wildman–Crippen LogP) is 2.98. The van der Waals surface area contributed by atoms with Crippen molar-refractivity contribution in [1.29, 1.82) is 0 Å². The lowest BCUT2D eigenvalue weighted by Crippen LogP contribution is -2.66. The maximum atomic E-state index is 3.92. The molecular formula is C15H30N2S. The third-order valence-electron chi connectivity index (χ3n) is 4.82.